The van der Waals surface area contributed by atoms with Gasteiger partial charge in [0.2, 0.25) is 0 Å². The summed E-state index contributed by atoms with van der Waals surface area (Å²) < 4.78 is 0. The van der Waals surface area contributed by atoms with E-state index >= 15 is 0 Å². The van der Waals surface area contributed by atoms with Crippen molar-refractivity contribution in [3.05, 3.63) is 33.1 Å². The van der Waals surface area contributed by atoms with Crippen LogP contribution >= 0.6 is 23.1 Å². The number of thioether (sulfide) groups is 1. The molecule has 100 valence electrons. The molecule has 1 aliphatic heterocycles. The summed E-state index contributed by atoms with van der Waals surface area (Å²) in [6.07, 6.45) is 1.97. The smallest absolute Gasteiger partial charge is 0.266 e. The average Bonchev–Trinajstić information content (AvgIpc) is 3.04. The highest BCUT2D eigenvalue weighted by Gasteiger charge is 2.18. The second-order valence-electron chi connectivity index (χ2n) is 4.45. The molecule has 2 aromatic heterocycles. The van der Waals surface area contributed by atoms with Crippen LogP contribution in [0.3, 0.4) is 0 Å². The lowest BCUT2D eigenvalue weighted by Gasteiger charge is -2.08. The normalized spacial score (nSPS) is 14.2. The van der Waals surface area contributed by atoms with Crippen LogP contribution in [0, 0.1) is 0 Å². The largest absolute Gasteiger partial charge is 0.304 e. The van der Waals surface area contributed by atoms with Gasteiger partial charge in [0.05, 0.1) is 4.88 Å². The number of hydrogen-bond acceptors (Lipinski definition) is 4. The predicted molar refractivity (Wildman–Crippen MR) is 80.1 cm³/mol. The highest BCUT2D eigenvalue weighted by molar-refractivity contribution is 7.98. The Morgan fingerprint density at radius 3 is 3.16 bits per heavy atom. The first-order valence-electron chi connectivity index (χ1n) is 6.31. The second-order valence-corrected chi connectivity index (χ2v) is 6.69. The summed E-state index contributed by atoms with van der Waals surface area (Å²) in [5.74, 6) is 2.73. The fourth-order valence-electron chi connectivity index (χ4n) is 2.04. The number of thiophene rings is 1. The number of nitrogens with zero attached hydrogens (tertiary/aromatic N) is 1. The highest BCUT2D eigenvalue weighted by Crippen LogP contribution is 2.31. The Morgan fingerprint density at radius 2 is 2.42 bits per heavy atom. The second kappa shape index (κ2) is 5.38. The van der Waals surface area contributed by atoms with Gasteiger partial charge in [0.25, 0.3) is 5.91 Å². The summed E-state index contributed by atoms with van der Waals surface area (Å²) in [5, 5.41) is 9.82. The van der Waals surface area contributed by atoms with E-state index in [1.165, 1.54) is 10.4 Å². The number of H-pyrrole nitrogens is 1. The lowest BCUT2D eigenvalue weighted by atomic mass is 10.2. The van der Waals surface area contributed by atoms with E-state index in [-0.39, 0.29) is 5.91 Å². The van der Waals surface area contributed by atoms with Gasteiger partial charge in [0, 0.05) is 22.4 Å². The molecule has 3 rings (SSSR count). The van der Waals surface area contributed by atoms with Gasteiger partial charge in [-0.2, -0.15) is 16.9 Å². The minimum atomic E-state index is -0.0569. The fraction of sp³-hybridized carbons (Fsp3) is 0.385. The first-order valence-corrected chi connectivity index (χ1v) is 8.28. The van der Waals surface area contributed by atoms with Crippen molar-refractivity contribution in [3.63, 3.8) is 0 Å². The van der Waals surface area contributed by atoms with E-state index < -0.39 is 0 Å². The maximum absolute atomic E-state index is 12.2. The lowest BCUT2D eigenvalue weighted by molar-refractivity contribution is 0.103. The van der Waals surface area contributed by atoms with Gasteiger partial charge in [-0.25, -0.2) is 0 Å². The third-order valence-corrected chi connectivity index (χ3v) is 5.35. The SMILES string of the molecule is CCc1cc(NC(=O)c2cc3c(s2)CCSC3)n[nH]1. The molecule has 6 heteroatoms. The number of anilines is 1. The Kier molecular flexibility index (Phi) is 3.61. The van der Waals surface area contributed by atoms with Crippen LogP contribution in [0.1, 0.15) is 32.7 Å². The Balaban J connectivity index is 1.74. The number of aromatic nitrogens is 2. The molecule has 1 aliphatic rings. The summed E-state index contributed by atoms with van der Waals surface area (Å²) in [5.41, 5.74) is 2.35. The number of aryl methyl sites for hydroxylation is 2. The van der Waals surface area contributed by atoms with Crippen LogP contribution < -0.4 is 5.32 Å². The number of carbonyl (C=O) groups is 1. The van der Waals surface area contributed by atoms with Crippen molar-refractivity contribution in [2.45, 2.75) is 25.5 Å². The molecule has 0 atom stereocenters. The Morgan fingerprint density at radius 1 is 1.53 bits per heavy atom. The summed E-state index contributed by atoms with van der Waals surface area (Å²) >= 11 is 3.54. The molecule has 4 nitrogen and oxygen atoms in total. The number of amides is 1. The highest BCUT2D eigenvalue weighted by atomic mass is 32.2. The van der Waals surface area contributed by atoms with Crippen LogP contribution in [0.25, 0.3) is 0 Å². The molecule has 3 heterocycles. The molecule has 0 bridgehead atoms. The molecule has 1 amide bonds. The van der Waals surface area contributed by atoms with Crippen LogP contribution in [0.15, 0.2) is 12.1 Å². The van der Waals surface area contributed by atoms with E-state index in [4.69, 9.17) is 0 Å². The van der Waals surface area contributed by atoms with Crippen molar-refractivity contribution in [2.75, 3.05) is 11.1 Å². The number of rotatable bonds is 3. The van der Waals surface area contributed by atoms with Crippen molar-refractivity contribution >= 4 is 34.8 Å². The van der Waals surface area contributed by atoms with Crippen LogP contribution in [0.2, 0.25) is 0 Å². The van der Waals surface area contributed by atoms with E-state index in [1.807, 2.05) is 30.8 Å². The molecule has 2 N–H and O–H groups in total. The molecular formula is C13H15N3OS2. The van der Waals surface area contributed by atoms with Gasteiger partial charge < -0.3 is 5.32 Å². The molecule has 0 saturated carbocycles. The monoisotopic (exact) mass is 293 g/mol. The predicted octanol–water partition coefficient (Wildman–Crippen LogP) is 3.08. The van der Waals surface area contributed by atoms with Crippen LogP contribution in [0.4, 0.5) is 5.82 Å². The minimum Gasteiger partial charge on any atom is -0.304 e. The topological polar surface area (TPSA) is 57.8 Å². The standard InChI is InChI=1S/C13H15N3OS2/c1-2-9-6-12(16-15-9)14-13(17)11-5-8-7-18-4-3-10(8)19-11/h5-6H,2-4,7H2,1H3,(H2,14,15,16,17). The number of hydrogen-bond donors (Lipinski definition) is 2. The summed E-state index contributed by atoms with van der Waals surface area (Å²) in [6.45, 7) is 2.05. The minimum absolute atomic E-state index is 0.0569. The van der Waals surface area contributed by atoms with E-state index in [1.54, 1.807) is 11.3 Å². The van der Waals surface area contributed by atoms with Crippen LogP contribution in [-0.4, -0.2) is 21.9 Å². The quantitative estimate of drug-likeness (QED) is 0.914. The third-order valence-electron chi connectivity index (χ3n) is 3.10. The van der Waals surface area contributed by atoms with E-state index in [0.717, 1.165) is 34.9 Å². The third kappa shape index (κ3) is 2.69. The summed E-state index contributed by atoms with van der Waals surface area (Å²) in [6, 6.07) is 3.90. The first kappa shape index (κ1) is 12.7. The zero-order valence-electron chi connectivity index (χ0n) is 10.7. The van der Waals surface area contributed by atoms with E-state index in [0.29, 0.717) is 5.82 Å². The molecule has 19 heavy (non-hydrogen) atoms. The van der Waals surface area contributed by atoms with E-state index in [2.05, 4.69) is 15.5 Å². The zero-order chi connectivity index (χ0) is 13.2. The van der Waals surface area contributed by atoms with Crippen molar-refractivity contribution in [3.8, 4) is 0 Å². The Hall–Kier alpha value is -1.27. The number of aromatic amines is 1. The molecule has 0 aliphatic carbocycles. The average molecular weight is 293 g/mol. The van der Waals surface area contributed by atoms with Crippen molar-refractivity contribution in [1.29, 1.82) is 0 Å². The van der Waals surface area contributed by atoms with Crippen LogP contribution in [0.5, 0.6) is 0 Å². The lowest BCUT2D eigenvalue weighted by Crippen LogP contribution is -2.10. The van der Waals surface area contributed by atoms with Crippen molar-refractivity contribution in [1.82, 2.24) is 10.2 Å². The number of nitrogens with one attached hydrogen (secondary N) is 2. The summed E-state index contributed by atoms with van der Waals surface area (Å²) in [7, 11) is 0. The molecule has 0 radical (unpaired) electrons. The maximum Gasteiger partial charge on any atom is 0.266 e. The fourth-order valence-corrected chi connectivity index (χ4v) is 4.31. The zero-order valence-corrected chi connectivity index (χ0v) is 12.3. The molecule has 0 saturated heterocycles. The molecule has 0 unspecified atom stereocenters. The van der Waals surface area contributed by atoms with Crippen molar-refractivity contribution < 1.29 is 4.79 Å². The van der Waals surface area contributed by atoms with Gasteiger partial charge in [-0.1, -0.05) is 6.92 Å². The van der Waals surface area contributed by atoms with Gasteiger partial charge in [-0.15, -0.1) is 11.3 Å². The Bertz CT molecular complexity index is 579. The van der Waals surface area contributed by atoms with Gasteiger partial charge in [-0.05, 0) is 30.2 Å². The Labute approximate surface area is 120 Å². The summed E-state index contributed by atoms with van der Waals surface area (Å²) in [4.78, 5) is 14.3. The molecular weight excluding hydrogens is 278 g/mol. The van der Waals surface area contributed by atoms with Gasteiger partial charge in [0.15, 0.2) is 5.82 Å². The number of fused-ring (bicyclic) bond motifs is 1. The molecule has 2 aromatic rings. The molecule has 0 fully saturated rings. The van der Waals surface area contributed by atoms with Gasteiger partial charge in [-0.3, -0.25) is 9.89 Å². The molecule has 0 aromatic carbocycles. The van der Waals surface area contributed by atoms with Crippen LogP contribution in [-0.2, 0) is 18.6 Å². The van der Waals surface area contributed by atoms with Gasteiger partial charge in [0.1, 0.15) is 0 Å². The maximum atomic E-state index is 12.2. The number of carbonyl (C=O) groups excluding carboxylic acids is 1. The first-order chi connectivity index (χ1) is 9.26. The van der Waals surface area contributed by atoms with Crippen molar-refractivity contribution in [2.24, 2.45) is 0 Å². The molecule has 0 spiro atoms. The van der Waals surface area contributed by atoms with Gasteiger partial charge >= 0.3 is 0 Å². The van der Waals surface area contributed by atoms with E-state index in [9.17, 15) is 4.79 Å².